The third-order valence-corrected chi connectivity index (χ3v) is 3.06. The molecule has 84 valence electrons. The maximum Gasteiger partial charge on any atom is 0.0640 e. The summed E-state index contributed by atoms with van der Waals surface area (Å²) in [5.74, 6) is 0. The fourth-order valence-electron chi connectivity index (χ4n) is 2.12. The molecule has 1 aromatic heterocycles. The van der Waals surface area contributed by atoms with Crippen molar-refractivity contribution in [2.45, 2.75) is 51.6 Å². The van der Waals surface area contributed by atoms with E-state index in [0.29, 0.717) is 12.1 Å². The Bertz CT molecular complexity index is 298. The first kappa shape index (κ1) is 10.7. The van der Waals surface area contributed by atoms with Crippen molar-refractivity contribution in [2.24, 2.45) is 0 Å². The zero-order chi connectivity index (χ0) is 10.7. The predicted molar refractivity (Wildman–Crippen MR) is 62.0 cm³/mol. The third kappa shape index (κ3) is 2.81. The molecule has 2 heterocycles. The van der Waals surface area contributed by atoms with Gasteiger partial charge in [0.1, 0.15) is 0 Å². The molecule has 3 heteroatoms. The van der Waals surface area contributed by atoms with Crippen LogP contribution in [0, 0.1) is 0 Å². The molecular weight excluding hydrogens is 186 g/mol. The zero-order valence-electron chi connectivity index (χ0n) is 9.74. The maximum atomic E-state index is 4.58. The number of rotatable bonds is 3. The van der Waals surface area contributed by atoms with Crippen LogP contribution >= 0.6 is 0 Å². The van der Waals surface area contributed by atoms with Crippen molar-refractivity contribution in [3.05, 3.63) is 18.0 Å². The first-order valence-corrected chi connectivity index (χ1v) is 6.03. The minimum absolute atomic E-state index is 0.470. The van der Waals surface area contributed by atoms with E-state index in [1.54, 1.807) is 0 Å². The second-order valence-corrected chi connectivity index (χ2v) is 4.73. The van der Waals surface area contributed by atoms with E-state index >= 15 is 0 Å². The Morgan fingerprint density at radius 3 is 3.00 bits per heavy atom. The van der Waals surface area contributed by atoms with Crippen LogP contribution in [0.4, 0.5) is 0 Å². The van der Waals surface area contributed by atoms with Gasteiger partial charge < -0.3 is 5.32 Å². The highest BCUT2D eigenvalue weighted by atomic mass is 15.3. The van der Waals surface area contributed by atoms with Gasteiger partial charge in [-0.25, -0.2) is 0 Å². The van der Waals surface area contributed by atoms with E-state index in [1.165, 1.54) is 31.5 Å². The van der Waals surface area contributed by atoms with E-state index in [9.17, 15) is 0 Å². The van der Waals surface area contributed by atoms with Gasteiger partial charge in [0.25, 0.3) is 0 Å². The molecule has 1 unspecified atom stereocenters. The number of nitrogens with zero attached hydrogens (tertiary/aromatic N) is 2. The Labute approximate surface area is 91.9 Å². The summed E-state index contributed by atoms with van der Waals surface area (Å²) in [5, 5.41) is 8.14. The van der Waals surface area contributed by atoms with E-state index in [-0.39, 0.29) is 0 Å². The molecule has 0 aromatic carbocycles. The van der Waals surface area contributed by atoms with Crippen LogP contribution in [0.15, 0.2) is 12.3 Å². The molecule has 1 aromatic rings. The van der Waals surface area contributed by atoms with Crippen LogP contribution in [-0.4, -0.2) is 22.4 Å². The van der Waals surface area contributed by atoms with Crippen LogP contribution in [0.3, 0.4) is 0 Å². The van der Waals surface area contributed by atoms with Crippen molar-refractivity contribution in [3.8, 4) is 0 Å². The van der Waals surface area contributed by atoms with Gasteiger partial charge in [0.15, 0.2) is 0 Å². The molecule has 1 N–H and O–H groups in total. The smallest absolute Gasteiger partial charge is 0.0640 e. The number of aromatic nitrogens is 2. The van der Waals surface area contributed by atoms with E-state index in [2.05, 4.69) is 36.5 Å². The van der Waals surface area contributed by atoms with E-state index in [4.69, 9.17) is 0 Å². The summed E-state index contributed by atoms with van der Waals surface area (Å²) < 4.78 is 2.04. The van der Waals surface area contributed by atoms with Crippen molar-refractivity contribution in [1.29, 1.82) is 0 Å². The topological polar surface area (TPSA) is 29.9 Å². The summed E-state index contributed by atoms with van der Waals surface area (Å²) in [6.45, 7) is 5.50. The second kappa shape index (κ2) is 4.79. The van der Waals surface area contributed by atoms with Gasteiger partial charge in [-0.3, -0.25) is 4.68 Å². The molecule has 0 radical (unpaired) electrons. The van der Waals surface area contributed by atoms with Crippen molar-refractivity contribution >= 4 is 0 Å². The van der Waals surface area contributed by atoms with Crippen LogP contribution in [0.1, 0.15) is 44.8 Å². The summed E-state index contributed by atoms with van der Waals surface area (Å²) in [4.78, 5) is 0. The molecule has 1 atom stereocenters. The molecular formula is C12H21N3. The van der Waals surface area contributed by atoms with Crippen LogP contribution in [0.5, 0.6) is 0 Å². The van der Waals surface area contributed by atoms with Gasteiger partial charge in [-0.1, -0.05) is 6.42 Å². The fourth-order valence-corrected chi connectivity index (χ4v) is 2.12. The molecule has 0 amide bonds. The molecule has 1 aliphatic rings. The Balaban J connectivity index is 1.91. The van der Waals surface area contributed by atoms with Crippen molar-refractivity contribution in [2.75, 3.05) is 6.54 Å². The van der Waals surface area contributed by atoms with Gasteiger partial charge in [0.05, 0.1) is 5.69 Å². The van der Waals surface area contributed by atoms with Gasteiger partial charge in [0, 0.05) is 24.7 Å². The standard InChI is InChI=1S/C12H21N3/c1-10(2)15-8-6-12(14-15)9-11-5-3-4-7-13-11/h6,8,10-11,13H,3-5,7,9H2,1-2H3. The second-order valence-electron chi connectivity index (χ2n) is 4.73. The molecule has 2 rings (SSSR count). The normalized spacial score (nSPS) is 22.2. The van der Waals surface area contributed by atoms with E-state index in [1.807, 2.05) is 4.68 Å². The van der Waals surface area contributed by atoms with Crippen LogP contribution in [-0.2, 0) is 6.42 Å². The molecule has 15 heavy (non-hydrogen) atoms. The Kier molecular flexibility index (Phi) is 3.41. The third-order valence-electron chi connectivity index (χ3n) is 3.06. The first-order chi connectivity index (χ1) is 7.25. The Morgan fingerprint density at radius 2 is 2.40 bits per heavy atom. The van der Waals surface area contributed by atoms with Gasteiger partial charge in [0.2, 0.25) is 0 Å². The molecule has 1 fully saturated rings. The highest BCUT2D eigenvalue weighted by Crippen LogP contribution is 2.12. The van der Waals surface area contributed by atoms with E-state index < -0.39 is 0 Å². The van der Waals surface area contributed by atoms with Crippen molar-refractivity contribution < 1.29 is 0 Å². The lowest BCUT2D eigenvalue weighted by Crippen LogP contribution is -2.35. The minimum atomic E-state index is 0.470. The van der Waals surface area contributed by atoms with E-state index in [0.717, 1.165) is 6.42 Å². The monoisotopic (exact) mass is 207 g/mol. The zero-order valence-corrected chi connectivity index (χ0v) is 9.74. The highest BCUT2D eigenvalue weighted by molar-refractivity contribution is 5.02. The van der Waals surface area contributed by atoms with Crippen LogP contribution in [0.25, 0.3) is 0 Å². The summed E-state index contributed by atoms with van der Waals surface area (Å²) in [7, 11) is 0. The maximum absolute atomic E-state index is 4.58. The lowest BCUT2D eigenvalue weighted by Gasteiger charge is -2.22. The molecule has 0 spiro atoms. The van der Waals surface area contributed by atoms with Gasteiger partial charge in [-0.2, -0.15) is 5.10 Å². The lowest BCUT2D eigenvalue weighted by molar-refractivity contribution is 0.394. The average Bonchev–Trinajstić information content (AvgIpc) is 2.68. The molecule has 3 nitrogen and oxygen atoms in total. The summed E-state index contributed by atoms with van der Waals surface area (Å²) in [6, 6.07) is 3.27. The number of piperidine rings is 1. The lowest BCUT2D eigenvalue weighted by atomic mass is 10.0. The molecule has 0 aliphatic carbocycles. The summed E-state index contributed by atoms with van der Waals surface area (Å²) in [5.41, 5.74) is 1.23. The quantitative estimate of drug-likeness (QED) is 0.823. The van der Waals surface area contributed by atoms with Crippen LogP contribution < -0.4 is 5.32 Å². The van der Waals surface area contributed by atoms with Gasteiger partial charge in [-0.05, 0) is 39.3 Å². The number of hydrogen-bond donors (Lipinski definition) is 1. The molecule has 0 bridgehead atoms. The minimum Gasteiger partial charge on any atom is -0.314 e. The fraction of sp³-hybridized carbons (Fsp3) is 0.750. The molecule has 0 saturated carbocycles. The Hall–Kier alpha value is -0.830. The largest absolute Gasteiger partial charge is 0.314 e. The predicted octanol–water partition coefficient (Wildman–Crippen LogP) is 2.15. The number of nitrogens with one attached hydrogen (secondary N) is 1. The van der Waals surface area contributed by atoms with Crippen molar-refractivity contribution in [1.82, 2.24) is 15.1 Å². The average molecular weight is 207 g/mol. The van der Waals surface area contributed by atoms with Gasteiger partial charge in [-0.15, -0.1) is 0 Å². The summed E-state index contributed by atoms with van der Waals surface area (Å²) >= 11 is 0. The highest BCUT2D eigenvalue weighted by Gasteiger charge is 2.14. The van der Waals surface area contributed by atoms with Gasteiger partial charge >= 0.3 is 0 Å². The Morgan fingerprint density at radius 1 is 1.53 bits per heavy atom. The summed E-state index contributed by atoms with van der Waals surface area (Å²) in [6.07, 6.45) is 7.16. The molecule has 1 aliphatic heterocycles. The van der Waals surface area contributed by atoms with Crippen molar-refractivity contribution in [3.63, 3.8) is 0 Å². The van der Waals surface area contributed by atoms with Crippen LogP contribution in [0.2, 0.25) is 0 Å². The molecule has 1 saturated heterocycles. The first-order valence-electron chi connectivity index (χ1n) is 6.03. The SMILES string of the molecule is CC(C)n1ccc(CC2CCCCN2)n1. The number of hydrogen-bond acceptors (Lipinski definition) is 2.